The fourth-order valence-electron chi connectivity index (χ4n) is 1.32. The Morgan fingerprint density at radius 3 is 2.53 bits per heavy atom. The van der Waals surface area contributed by atoms with Gasteiger partial charge in [0.1, 0.15) is 17.5 Å². The molecule has 0 aliphatic carbocycles. The summed E-state index contributed by atoms with van der Waals surface area (Å²) in [7, 11) is 0. The van der Waals surface area contributed by atoms with Crippen LogP contribution >= 0.6 is 34.8 Å². The van der Waals surface area contributed by atoms with Crippen LogP contribution in [0.1, 0.15) is 5.56 Å². The van der Waals surface area contributed by atoms with Crippen LogP contribution in [-0.4, -0.2) is 9.78 Å². The van der Waals surface area contributed by atoms with Crippen molar-refractivity contribution in [3.63, 3.8) is 0 Å². The third-order valence-corrected chi connectivity index (χ3v) is 3.45. The lowest BCUT2D eigenvalue weighted by Crippen LogP contribution is -2.03. The van der Waals surface area contributed by atoms with Crippen LogP contribution in [0.15, 0.2) is 18.3 Å². The van der Waals surface area contributed by atoms with E-state index >= 15 is 0 Å². The van der Waals surface area contributed by atoms with Gasteiger partial charge in [-0.05, 0) is 12.1 Å². The molecule has 2 N–H and O–H groups in total. The van der Waals surface area contributed by atoms with Crippen molar-refractivity contribution in [2.45, 2.75) is 0 Å². The molecule has 0 aliphatic heterocycles. The Morgan fingerprint density at radius 1 is 1.24 bits per heavy atom. The molecule has 7 heteroatoms. The van der Waals surface area contributed by atoms with Crippen LogP contribution in [0.25, 0.3) is 5.69 Å². The predicted molar refractivity (Wildman–Crippen MR) is 67.7 cm³/mol. The first-order chi connectivity index (χ1) is 8.06. The van der Waals surface area contributed by atoms with Gasteiger partial charge in [-0.15, -0.1) is 0 Å². The Balaban J connectivity index is 2.66. The molecule has 2 rings (SSSR count). The Hall–Kier alpha value is -1.41. The van der Waals surface area contributed by atoms with Crippen LogP contribution in [0.2, 0.25) is 15.1 Å². The molecule has 2 aromatic rings. The average Bonchev–Trinajstić information content (AvgIpc) is 2.68. The maximum atomic E-state index is 8.78. The minimum atomic E-state index is 0.202. The van der Waals surface area contributed by atoms with Gasteiger partial charge in [-0.2, -0.15) is 10.4 Å². The molecule has 0 spiro atoms. The van der Waals surface area contributed by atoms with E-state index in [4.69, 9.17) is 45.8 Å². The van der Waals surface area contributed by atoms with Gasteiger partial charge in [-0.25, -0.2) is 4.68 Å². The van der Waals surface area contributed by atoms with E-state index in [9.17, 15) is 0 Å². The fraction of sp³-hybridized carbons (Fsp3) is 0. The minimum absolute atomic E-state index is 0.202. The third-order valence-electron chi connectivity index (χ3n) is 2.17. The van der Waals surface area contributed by atoms with Gasteiger partial charge in [-0.3, -0.25) is 0 Å². The van der Waals surface area contributed by atoms with Crippen molar-refractivity contribution in [1.29, 1.82) is 5.26 Å². The first kappa shape index (κ1) is 12.1. The number of benzene rings is 1. The summed E-state index contributed by atoms with van der Waals surface area (Å²) < 4.78 is 1.34. The summed E-state index contributed by atoms with van der Waals surface area (Å²) in [5.41, 5.74) is 6.49. The van der Waals surface area contributed by atoms with Gasteiger partial charge in [0.25, 0.3) is 0 Å². The molecule has 0 saturated heterocycles. The Labute approximate surface area is 112 Å². The van der Waals surface area contributed by atoms with Crippen LogP contribution in [0.3, 0.4) is 0 Å². The van der Waals surface area contributed by atoms with Gasteiger partial charge in [-0.1, -0.05) is 34.8 Å². The van der Waals surface area contributed by atoms with E-state index < -0.39 is 0 Å². The van der Waals surface area contributed by atoms with Gasteiger partial charge in [0.05, 0.1) is 27.0 Å². The number of nitrogens with zero attached hydrogens (tertiary/aromatic N) is 3. The van der Waals surface area contributed by atoms with Gasteiger partial charge in [0.2, 0.25) is 0 Å². The van der Waals surface area contributed by atoms with Crippen LogP contribution in [0, 0.1) is 11.3 Å². The number of hydrogen-bond donors (Lipinski definition) is 1. The number of nitriles is 1. The molecule has 1 aromatic heterocycles. The molecule has 0 bridgehead atoms. The number of hydrogen-bond acceptors (Lipinski definition) is 3. The predicted octanol–water partition coefficient (Wildman–Crippen LogP) is 3.29. The van der Waals surface area contributed by atoms with Crippen molar-refractivity contribution >= 4 is 40.6 Å². The molecule has 0 radical (unpaired) electrons. The van der Waals surface area contributed by atoms with Gasteiger partial charge in [0.15, 0.2) is 0 Å². The molecule has 0 unspecified atom stereocenters. The highest BCUT2D eigenvalue weighted by molar-refractivity contribution is 6.48. The standard InChI is InChI=1S/C10H5Cl3N4/c11-6-1-2-7(9(13)8(6)12)17-10(15)5(3-14)4-16-17/h1-2,4H,15H2. The van der Waals surface area contributed by atoms with Gasteiger partial charge < -0.3 is 5.73 Å². The average molecular weight is 288 g/mol. The highest BCUT2D eigenvalue weighted by Gasteiger charge is 2.14. The number of aromatic nitrogens is 2. The van der Waals surface area contributed by atoms with Crippen molar-refractivity contribution in [2.24, 2.45) is 0 Å². The molecule has 0 amide bonds. The van der Waals surface area contributed by atoms with Gasteiger partial charge >= 0.3 is 0 Å². The fourth-order valence-corrected chi connectivity index (χ4v) is 1.93. The highest BCUT2D eigenvalue weighted by Crippen LogP contribution is 2.35. The van der Waals surface area contributed by atoms with E-state index in [-0.39, 0.29) is 21.4 Å². The number of halogens is 3. The second-order valence-corrected chi connectivity index (χ2v) is 4.32. The summed E-state index contributed by atoms with van der Waals surface area (Å²) in [5.74, 6) is 0.202. The van der Waals surface area contributed by atoms with Crippen LogP contribution in [0.5, 0.6) is 0 Å². The van der Waals surface area contributed by atoms with E-state index in [1.165, 1.54) is 10.9 Å². The molecule has 0 saturated carbocycles. The number of rotatable bonds is 1. The smallest absolute Gasteiger partial charge is 0.145 e. The summed E-state index contributed by atoms with van der Waals surface area (Å²) in [5, 5.41) is 13.6. The van der Waals surface area contributed by atoms with Crippen molar-refractivity contribution in [1.82, 2.24) is 9.78 Å². The minimum Gasteiger partial charge on any atom is -0.382 e. The number of anilines is 1. The van der Waals surface area contributed by atoms with Crippen molar-refractivity contribution in [3.05, 3.63) is 39.0 Å². The van der Waals surface area contributed by atoms with E-state index in [1.807, 2.05) is 6.07 Å². The van der Waals surface area contributed by atoms with Crippen LogP contribution < -0.4 is 5.73 Å². The quantitative estimate of drug-likeness (QED) is 0.818. The first-order valence-electron chi connectivity index (χ1n) is 4.43. The summed E-state index contributed by atoms with van der Waals surface area (Å²) in [4.78, 5) is 0. The normalized spacial score (nSPS) is 10.2. The molecule has 0 aliphatic rings. The van der Waals surface area contributed by atoms with Crippen molar-refractivity contribution < 1.29 is 0 Å². The van der Waals surface area contributed by atoms with E-state index in [0.29, 0.717) is 10.7 Å². The monoisotopic (exact) mass is 286 g/mol. The Morgan fingerprint density at radius 2 is 1.94 bits per heavy atom. The third kappa shape index (κ3) is 1.93. The highest BCUT2D eigenvalue weighted by atomic mass is 35.5. The summed E-state index contributed by atoms with van der Waals surface area (Å²) in [6.07, 6.45) is 1.36. The molecular weight excluding hydrogens is 282 g/mol. The summed E-state index contributed by atoms with van der Waals surface area (Å²) in [6.45, 7) is 0. The Kier molecular flexibility index (Phi) is 3.16. The number of nitrogens with two attached hydrogens (primary N) is 1. The van der Waals surface area contributed by atoms with Crippen LogP contribution in [-0.2, 0) is 0 Å². The van der Waals surface area contributed by atoms with E-state index in [1.54, 1.807) is 12.1 Å². The molecule has 1 heterocycles. The molecule has 17 heavy (non-hydrogen) atoms. The number of nitrogen functional groups attached to an aromatic ring is 1. The second kappa shape index (κ2) is 4.46. The van der Waals surface area contributed by atoms with Crippen molar-refractivity contribution in [3.8, 4) is 11.8 Å². The largest absolute Gasteiger partial charge is 0.382 e. The Bertz CT molecular complexity index is 627. The lowest BCUT2D eigenvalue weighted by atomic mass is 10.3. The topological polar surface area (TPSA) is 67.6 Å². The second-order valence-electron chi connectivity index (χ2n) is 3.16. The molecular formula is C10H5Cl3N4. The zero-order valence-electron chi connectivity index (χ0n) is 8.28. The first-order valence-corrected chi connectivity index (χ1v) is 5.57. The zero-order valence-corrected chi connectivity index (χ0v) is 10.6. The van der Waals surface area contributed by atoms with Crippen LogP contribution in [0.4, 0.5) is 5.82 Å². The van der Waals surface area contributed by atoms with E-state index in [2.05, 4.69) is 5.10 Å². The molecule has 0 atom stereocenters. The maximum absolute atomic E-state index is 8.78. The molecule has 4 nitrogen and oxygen atoms in total. The summed E-state index contributed by atoms with van der Waals surface area (Å²) in [6, 6.07) is 5.13. The lowest BCUT2D eigenvalue weighted by Gasteiger charge is -2.08. The maximum Gasteiger partial charge on any atom is 0.145 e. The zero-order chi connectivity index (χ0) is 12.6. The molecule has 0 fully saturated rings. The molecule has 86 valence electrons. The van der Waals surface area contributed by atoms with Crippen molar-refractivity contribution in [2.75, 3.05) is 5.73 Å². The van der Waals surface area contributed by atoms with E-state index in [0.717, 1.165) is 0 Å². The van der Waals surface area contributed by atoms with Gasteiger partial charge in [0, 0.05) is 0 Å². The lowest BCUT2D eigenvalue weighted by molar-refractivity contribution is 0.891. The summed E-state index contributed by atoms with van der Waals surface area (Å²) >= 11 is 17.8. The SMILES string of the molecule is N#Cc1cnn(-c2ccc(Cl)c(Cl)c2Cl)c1N. The molecule has 1 aromatic carbocycles.